The van der Waals surface area contributed by atoms with E-state index in [2.05, 4.69) is 5.32 Å². The summed E-state index contributed by atoms with van der Waals surface area (Å²) in [7, 11) is 1.35. The van der Waals surface area contributed by atoms with Crippen LogP contribution in [-0.4, -0.2) is 43.4 Å². The number of fused-ring (bicyclic) bond motifs is 1. The van der Waals surface area contributed by atoms with E-state index < -0.39 is 0 Å². The molecule has 1 fully saturated rings. The number of ether oxygens (including phenoxy) is 3. The van der Waals surface area contributed by atoms with Gasteiger partial charge >= 0.3 is 12.0 Å². The Morgan fingerprint density at radius 2 is 1.96 bits per heavy atom. The molecular weight excluding hydrogens is 336 g/mol. The maximum atomic E-state index is 12.8. The molecule has 26 heavy (non-hydrogen) atoms. The van der Waals surface area contributed by atoms with Gasteiger partial charge in [-0.1, -0.05) is 25.3 Å². The van der Waals surface area contributed by atoms with Crippen molar-refractivity contribution < 1.29 is 23.8 Å². The molecule has 1 aliphatic heterocycles. The van der Waals surface area contributed by atoms with Crippen LogP contribution in [-0.2, 0) is 16.1 Å². The number of hydrogen-bond acceptors (Lipinski definition) is 5. The van der Waals surface area contributed by atoms with Crippen molar-refractivity contribution in [3.8, 4) is 11.5 Å². The topological polar surface area (TPSA) is 77.1 Å². The molecule has 1 heterocycles. The van der Waals surface area contributed by atoms with Crippen molar-refractivity contribution in [3.63, 3.8) is 0 Å². The highest BCUT2D eigenvalue weighted by Crippen LogP contribution is 2.32. The Labute approximate surface area is 153 Å². The highest BCUT2D eigenvalue weighted by atomic mass is 16.7. The quantitative estimate of drug-likeness (QED) is 0.788. The molecule has 0 atom stereocenters. The average Bonchev–Trinajstić information content (AvgIpc) is 3.13. The van der Waals surface area contributed by atoms with E-state index in [1.165, 1.54) is 13.5 Å². The van der Waals surface area contributed by atoms with Gasteiger partial charge in [0.25, 0.3) is 0 Å². The summed E-state index contributed by atoms with van der Waals surface area (Å²) >= 11 is 0. The number of carbonyl (C=O) groups excluding carboxylic acids is 2. The summed E-state index contributed by atoms with van der Waals surface area (Å²) in [5, 5.41) is 3.11. The molecule has 2 aliphatic rings. The summed E-state index contributed by atoms with van der Waals surface area (Å²) in [4.78, 5) is 25.9. The minimum atomic E-state index is -0.328. The van der Waals surface area contributed by atoms with Crippen LogP contribution in [0, 0.1) is 0 Å². The number of benzene rings is 1. The van der Waals surface area contributed by atoms with Crippen LogP contribution in [0.2, 0.25) is 0 Å². The van der Waals surface area contributed by atoms with Crippen LogP contribution in [0.4, 0.5) is 4.79 Å². The van der Waals surface area contributed by atoms with Crippen LogP contribution in [0.15, 0.2) is 18.2 Å². The largest absolute Gasteiger partial charge is 0.469 e. The monoisotopic (exact) mass is 362 g/mol. The molecule has 1 aliphatic carbocycles. The Morgan fingerprint density at radius 3 is 2.73 bits per heavy atom. The lowest BCUT2D eigenvalue weighted by molar-refractivity contribution is -0.140. The number of rotatable bonds is 6. The second kappa shape index (κ2) is 8.78. The van der Waals surface area contributed by atoms with Gasteiger partial charge in [0.1, 0.15) is 0 Å². The molecule has 0 radical (unpaired) electrons. The third kappa shape index (κ3) is 4.80. The number of urea groups is 1. The second-order valence-corrected chi connectivity index (χ2v) is 6.72. The summed E-state index contributed by atoms with van der Waals surface area (Å²) in [6.07, 6.45) is 5.72. The molecule has 1 saturated carbocycles. The van der Waals surface area contributed by atoms with Gasteiger partial charge in [0, 0.05) is 19.1 Å². The van der Waals surface area contributed by atoms with E-state index in [9.17, 15) is 9.59 Å². The molecule has 0 aromatic heterocycles. The molecule has 0 spiro atoms. The summed E-state index contributed by atoms with van der Waals surface area (Å²) in [6, 6.07) is 5.70. The lowest BCUT2D eigenvalue weighted by Crippen LogP contribution is -2.45. The number of hydrogen-bond donors (Lipinski definition) is 1. The fourth-order valence-electron chi connectivity index (χ4n) is 3.35. The molecule has 3 rings (SSSR count). The molecule has 7 heteroatoms. The fraction of sp³-hybridized carbons (Fsp3) is 0.579. The standard InChI is InChI=1S/C19H26N2O5/c1-24-18(22)9-10-21(19(23)20-15-5-3-2-4-6-15)12-14-7-8-16-17(11-14)26-13-25-16/h7-8,11,15H,2-6,9-10,12-13H2,1H3,(H,20,23). The zero-order valence-corrected chi connectivity index (χ0v) is 15.2. The Morgan fingerprint density at radius 1 is 1.19 bits per heavy atom. The highest BCUT2D eigenvalue weighted by molar-refractivity contribution is 5.76. The molecule has 1 aromatic carbocycles. The summed E-state index contributed by atoms with van der Waals surface area (Å²) < 4.78 is 15.4. The van der Waals surface area contributed by atoms with E-state index in [1.807, 2.05) is 18.2 Å². The molecule has 0 bridgehead atoms. The second-order valence-electron chi connectivity index (χ2n) is 6.72. The number of carbonyl (C=O) groups is 2. The van der Waals surface area contributed by atoms with E-state index in [-0.39, 0.29) is 31.3 Å². The van der Waals surface area contributed by atoms with Gasteiger partial charge in [-0.15, -0.1) is 0 Å². The highest BCUT2D eigenvalue weighted by Gasteiger charge is 2.22. The number of methoxy groups -OCH3 is 1. The smallest absolute Gasteiger partial charge is 0.317 e. The van der Waals surface area contributed by atoms with Gasteiger partial charge in [0.2, 0.25) is 6.79 Å². The van der Waals surface area contributed by atoms with Crippen molar-refractivity contribution in [1.29, 1.82) is 0 Å². The van der Waals surface area contributed by atoms with Gasteiger partial charge in [-0.25, -0.2) is 4.79 Å². The Bertz CT molecular complexity index is 643. The van der Waals surface area contributed by atoms with Crippen LogP contribution in [0.3, 0.4) is 0 Å². The Hall–Kier alpha value is -2.44. The number of amides is 2. The zero-order valence-electron chi connectivity index (χ0n) is 15.2. The van der Waals surface area contributed by atoms with Gasteiger partial charge in [-0.05, 0) is 30.5 Å². The van der Waals surface area contributed by atoms with E-state index in [0.717, 1.165) is 31.2 Å². The molecular formula is C19H26N2O5. The van der Waals surface area contributed by atoms with Crippen molar-refractivity contribution in [3.05, 3.63) is 23.8 Å². The minimum absolute atomic E-state index is 0.140. The van der Waals surface area contributed by atoms with Gasteiger partial charge in [0.05, 0.1) is 13.5 Å². The predicted octanol–water partition coefficient (Wildman–Crippen LogP) is 2.82. The minimum Gasteiger partial charge on any atom is -0.469 e. The Kier molecular flexibility index (Phi) is 6.20. The normalized spacial score (nSPS) is 16.2. The van der Waals surface area contributed by atoms with Crippen molar-refractivity contribution in [2.45, 2.75) is 51.1 Å². The van der Waals surface area contributed by atoms with E-state index in [0.29, 0.717) is 24.6 Å². The molecule has 0 unspecified atom stereocenters. The number of nitrogens with one attached hydrogen (secondary N) is 1. The summed E-state index contributed by atoms with van der Waals surface area (Å²) in [6.45, 7) is 0.916. The first-order chi connectivity index (χ1) is 12.7. The predicted molar refractivity (Wildman–Crippen MR) is 95.0 cm³/mol. The van der Waals surface area contributed by atoms with Gasteiger partial charge in [-0.3, -0.25) is 4.79 Å². The van der Waals surface area contributed by atoms with Crippen molar-refractivity contribution in [2.75, 3.05) is 20.4 Å². The SMILES string of the molecule is COC(=O)CCN(Cc1ccc2c(c1)OCO2)C(=O)NC1CCCCC1. The van der Waals surface area contributed by atoms with Crippen molar-refractivity contribution >= 4 is 12.0 Å². The van der Waals surface area contributed by atoms with E-state index >= 15 is 0 Å². The molecule has 2 amide bonds. The lowest BCUT2D eigenvalue weighted by atomic mass is 9.96. The first-order valence-electron chi connectivity index (χ1n) is 9.16. The average molecular weight is 362 g/mol. The van der Waals surface area contributed by atoms with Gasteiger partial charge in [0.15, 0.2) is 11.5 Å². The lowest BCUT2D eigenvalue weighted by Gasteiger charge is -2.28. The number of nitrogens with zero attached hydrogens (tertiary/aromatic N) is 1. The fourth-order valence-corrected chi connectivity index (χ4v) is 3.35. The molecule has 7 nitrogen and oxygen atoms in total. The van der Waals surface area contributed by atoms with Crippen LogP contribution in [0.1, 0.15) is 44.1 Å². The first-order valence-corrected chi connectivity index (χ1v) is 9.16. The number of esters is 1. The van der Waals surface area contributed by atoms with Crippen LogP contribution in [0.5, 0.6) is 11.5 Å². The van der Waals surface area contributed by atoms with Gasteiger partial charge < -0.3 is 24.4 Å². The van der Waals surface area contributed by atoms with Crippen LogP contribution >= 0.6 is 0 Å². The molecule has 1 aromatic rings. The van der Waals surface area contributed by atoms with Crippen molar-refractivity contribution in [2.24, 2.45) is 0 Å². The summed E-state index contributed by atoms with van der Waals surface area (Å²) in [5.41, 5.74) is 0.929. The third-order valence-electron chi connectivity index (χ3n) is 4.84. The van der Waals surface area contributed by atoms with Crippen LogP contribution < -0.4 is 14.8 Å². The van der Waals surface area contributed by atoms with Crippen molar-refractivity contribution in [1.82, 2.24) is 10.2 Å². The van der Waals surface area contributed by atoms with Crippen LogP contribution in [0.25, 0.3) is 0 Å². The van der Waals surface area contributed by atoms with Gasteiger partial charge in [-0.2, -0.15) is 0 Å². The third-order valence-corrected chi connectivity index (χ3v) is 4.84. The zero-order chi connectivity index (χ0) is 18.4. The molecule has 0 saturated heterocycles. The Balaban J connectivity index is 1.65. The van der Waals surface area contributed by atoms with E-state index in [4.69, 9.17) is 14.2 Å². The molecule has 1 N–H and O–H groups in total. The molecule has 142 valence electrons. The van der Waals surface area contributed by atoms with E-state index in [1.54, 1.807) is 4.90 Å². The first kappa shape index (κ1) is 18.4. The maximum absolute atomic E-state index is 12.8. The maximum Gasteiger partial charge on any atom is 0.317 e. The summed E-state index contributed by atoms with van der Waals surface area (Å²) in [5.74, 6) is 1.07.